The molecule has 1 N–H and O–H groups in total. The molecule has 5 rings (SSSR count). The van der Waals surface area contributed by atoms with Crippen LogP contribution in [0.2, 0.25) is 0 Å². The Morgan fingerprint density at radius 2 is 2.03 bits per heavy atom. The van der Waals surface area contributed by atoms with Crippen molar-refractivity contribution in [1.82, 2.24) is 19.9 Å². The quantitative estimate of drug-likeness (QED) is 0.451. The maximum Gasteiger partial charge on any atom is 0.224 e. The number of carbonyl (C=O) groups excluding carboxylic acids is 1. The summed E-state index contributed by atoms with van der Waals surface area (Å²) in [6.07, 6.45) is 3.24. The summed E-state index contributed by atoms with van der Waals surface area (Å²) in [5, 5.41) is 3.27. The fourth-order valence-electron chi connectivity index (χ4n) is 3.93. The van der Waals surface area contributed by atoms with Gasteiger partial charge in [-0.15, -0.1) is 0 Å². The van der Waals surface area contributed by atoms with Gasteiger partial charge in [-0.05, 0) is 31.2 Å². The number of hydrogen-bond donors (Lipinski definition) is 1. The van der Waals surface area contributed by atoms with Gasteiger partial charge in [0.25, 0.3) is 0 Å². The van der Waals surface area contributed by atoms with Crippen molar-refractivity contribution >= 4 is 38.4 Å². The highest BCUT2D eigenvalue weighted by molar-refractivity contribution is 7.22. The Hall–Kier alpha value is -3.50. The number of hydrogen-bond acceptors (Lipinski definition) is 9. The average Bonchev–Trinajstić information content (AvgIpc) is 3.49. The van der Waals surface area contributed by atoms with Crippen LogP contribution in [0.15, 0.2) is 53.4 Å². The van der Waals surface area contributed by atoms with Gasteiger partial charge in [0.15, 0.2) is 10.9 Å². The number of aromatic nitrogens is 3. The normalized spacial score (nSPS) is 15.5. The Balaban J connectivity index is 1.28. The Bertz CT molecular complexity index is 1250. The second-order valence-electron chi connectivity index (χ2n) is 7.83. The van der Waals surface area contributed by atoms with Gasteiger partial charge in [0.1, 0.15) is 23.4 Å². The van der Waals surface area contributed by atoms with E-state index in [1.54, 1.807) is 6.26 Å². The number of piperazine rings is 1. The van der Waals surface area contributed by atoms with Crippen molar-refractivity contribution in [1.29, 1.82) is 0 Å². The van der Waals surface area contributed by atoms with Crippen LogP contribution in [0.4, 0.5) is 10.9 Å². The first-order valence-corrected chi connectivity index (χ1v) is 11.6. The molecule has 0 bridgehead atoms. The predicted octanol–water partition coefficient (Wildman–Crippen LogP) is 4.31. The molecule has 9 nitrogen and oxygen atoms in total. The third kappa shape index (κ3) is 4.67. The van der Waals surface area contributed by atoms with E-state index in [-0.39, 0.29) is 11.9 Å². The van der Waals surface area contributed by atoms with Crippen molar-refractivity contribution in [2.45, 2.75) is 19.9 Å². The Morgan fingerprint density at radius 1 is 1.18 bits per heavy atom. The van der Waals surface area contributed by atoms with Crippen molar-refractivity contribution in [2.75, 3.05) is 36.4 Å². The van der Waals surface area contributed by atoms with Crippen molar-refractivity contribution in [3.8, 4) is 11.6 Å². The fourth-order valence-corrected chi connectivity index (χ4v) is 4.86. The lowest BCUT2D eigenvalue weighted by molar-refractivity contribution is -0.114. The SMILES string of the molecule is CC(=O)Nc1nc2c(Oc3cc(N4CCN([C@H](C)c5ccco5)CC4)ncn3)cccc2s1. The van der Waals surface area contributed by atoms with E-state index in [4.69, 9.17) is 9.15 Å². The molecule has 10 heteroatoms. The average molecular weight is 465 g/mol. The molecule has 1 atom stereocenters. The number of anilines is 2. The zero-order chi connectivity index (χ0) is 22.8. The van der Waals surface area contributed by atoms with Crippen LogP contribution < -0.4 is 15.0 Å². The molecule has 0 radical (unpaired) electrons. The van der Waals surface area contributed by atoms with Crippen molar-refractivity contribution in [3.05, 3.63) is 54.7 Å². The molecule has 1 amide bonds. The van der Waals surface area contributed by atoms with Gasteiger partial charge in [-0.3, -0.25) is 9.69 Å². The number of ether oxygens (including phenoxy) is 1. The zero-order valence-electron chi connectivity index (χ0n) is 18.4. The number of carbonyl (C=O) groups is 1. The second-order valence-corrected chi connectivity index (χ2v) is 8.86. The molecular formula is C23H24N6O3S. The van der Waals surface area contributed by atoms with Crippen LogP contribution in [0.5, 0.6) is 11.6 Å². The second kappa shape index (κ2) is 9.16. The van der Waals surface area contributed by atoms with Gasteiger partial charge in [0.2, 0.25) is 11.8 Å². The van der Waals surface area contributed by atoms with Gasteiger partial charge in [0, 0.05) is 39.2 Å². The highest BCUT2D eigenvalue weighted by Gasteiger charge is 2.24. The van der Waals surface area contributed by atoms with E-state index in [2.05, 4.69) is 37.0 Å². The van der Waals surface area contributed by atoms with Crippen molar-refractivity contribution < 1.29 is 13.9 Å². The molecule has 1 fully saturated rings. The van der Waals surface area contributed by atoms with E-state index in [0.29, 0.717) is 22.3 Å². The minimum atomic E-state index is -0.157. The van der Waals surface area contributed by atoms with Crippen LogP contribution in [-0.4, -0.2) is 51.9 Å². The maximum atomic E-state index is 11.4. The Morgan fingerprint density at radius 3 is 2.79 bits per heavy atom. The molecule has 0 spiro atoms. The molecule has 1 aromatic carbocycles. The van der Waals surface area contributed by atoms with E-state index in [1.807, 2.05) is 36.4 Å². The molecule has 4 heterocycles. The Kier molecular flexibility index (Phi) is 5.93. The summed E-state index contributed by atoms with van der Waals surface area (Å²) in [4.78, 5) is 29.3. The van der Waals surface area contributed by atoms with Crippen molar-refractivity contribution in [2.24, 2.45) is 0 Å². The van der Waals surface area contributed by atoms with E-state index in [1.165, 1.54) is 24.6 Å². The highest BCUT2D eigenvalue weighted by Crippen LogP contribution is 2.34. The molecule has 0 saturated carbocycles. The van der Waals surface area contributed by atoms with Crippen LogP contribution in [0.3, 0.4) is 0 Å². The lowest BCUT2D eigenvalue weighted by Gasteiger charge is -2.37. The van der Waals surface area contributed by atoms with Gasteiger partial charge in [-0.1, -0.05) is 17.4 Å². The first kappa shape index (κ1) is 21.4. The van der Waals surface area contributed by atoms with Gasteiger partial charge in [0.05, 0.1) is 17.0 Å². The number of benzene rings is 1. The number of amides is 1. The summed E-state index contributed by atoms with van der Waals surface area (Å²) >= 11 is 1.40. The van der Waals surface area contributed by atoms with Crippen LogP contribution in [0.25, 0.3) is 10.2 Å². The molecule has 33 heavy (non-hydrogen) atoms. The number of rotatable bonds is 6. The number of furan rings is 1. The van der Waals surface area contributed by atoms with E-state index < -0.39 is 0 Å². The van der Waals surface area contributed by atoms with Gasteiger partial charge < -0.3 is 19.4 Å². The largest absolute Gasteiger partial charge is 0.468 e. The minimum absolute atomic E-state index is 0.157. The topological polar surface area (TPSA) is 96.6 Å². The lowest BCUT2D eigenvalue weighted by Crippen LogP contribution is -2.47. The molecule has 170 valence electrons. The molecular weight excluding hydrogens is 440 g/mol. The summed E-state index contributed by atoms with van der Waals surface area (Å²) < 4.78 is 12.6. The number of nitrogens with zero attached hydrogens (tertiary/aromatic N) is 5. The number of nitrogens with one attached hydrogen (secondary N) is 1. The summed E-state index contributed by atoms with van der Waals surface area (Å²) in [5.41, 5.74) is 0.687. The summed E-state index contributed by atoms with van der Waals surface area (Å²) in [5.74, 6) is 2.69. The van der Waals surface area contributed by atoms with Crippen LogP contribution in [-0.2, 0) is 4.79 Å². The summed E-state index contributed by atoms with van der Waals surface area (Å²) in [6.45, 7) is 7.15. The third-order valence-corrected chi connectivity index (χ3v) is 6.58. The fraction of sp³-hybridized carbons (Fsp3) is 0.304. The standard InChI is InChI=1S/C23H24N6O3S/c1-15(17-6-4-12-31-17)28-8-10-29(11-9-28)20-13-21(25-14-24-20)32-18-5-3-7-19-22(18)27-23(33-19)26-16(2)30/h3-7,12-15H,8-11H2,1-2H3,(H,26,27,30)/t15-/m1/s1. The zero-order valence-corrected chi connectivity index (χ0v) is 19.2. The minimum Gasteiger partial charge on any atom is -0.468 e. The predicted molar refractivity (Wildman–Crippen MR) is 127 cm³/mol. The number of fused-ring (bicyclic) bond motifs is 1. The summed E-state index contributed by atoms with van der Waals surface area (Å²) in [7, 11) is 0. The van der Waals surface area contributed by atoms with E-state index >= 15 is 0 Å². The molecule has 1 aliphatic rings. The first-order chi connectivity index (χ1) is 16.1. The lowest BCUT2D eigenvalue weighted by atomic mass is 10.2. The molecule has 0 unspecified atom stereocenters. The molecule has 1 aliphatic heterocycles. The van der Waals surface area contributed by atoms with E-state index in [0.717, 1.165) is 42.5 Å². The third-order valence-electron chi connectivity index (χ3n) is 5.65. The van der Waals surface area contributed by atoms with Crippen LogP contribution >= 0.6 is 11.3 Å². The number of thiazole rings is 1. The number of para-hydroxylation sites is 1. The maximum absolute atomic E-state index is 11.4. The van der Waals surface area contributed by atoms with Gasteiger partial charge in [-0.2, -0.15) is 0 Å². The highest BCUT2D eigenvalue weighted by atomic mass is 32.1. The van der Waals surface area contributed by atoms with Gasteiger partial charge in [-0.25, -0.2) is 15.0 Å². The molecule has 0 aliphatic carbocycles. The summed E-state index contributed by atoms with van der Waals surface area (Å²) in [6, 6.07) is 11.7. The molecule has 3 aromatic heterocycles. The Labute approximate surface area is 195 Å². The first-order valence-electron chi connectivity index (χ1n) is 10.8. The van der Waals surface area contributed by atoms with E-state index in [9.17, 15) is 4.79 Å². The monoisotopic (exact) mass is 464 g/mol. The molecule has 4 aromatic rings. The van der Waals surface area contributed by atoms with Gasteiger partial charge >= 0.3 is 0 Å². The van der Waals surface area contributed by atoms with Crippen LogP contribution in [0.1, 0.15) is 25.6 Å². The van der Waals surface area contributed by atoms with Crippen LogP contribution in [0, 0.1) is 0 Å². The molecule has 1 saturated heterocycles. The van der Waals surface area contributed by atoms with Crippen molar-refractivity contribution in [3.63, 3.8) is 0 Å². The smallest absolute Gasteiger partial charge is 0.224 e.